The Balaban J connectivity index is 3.61. The van der Waals surface area contributed by atoms with Crippen LogP contribution in [-0.2, 0) is 9.53 Å². The Kier molecular flexibility index (Phi) is 7.33. The molecule has 32 heavy (non-hydrogen) atoms. The van der Waals surface area contributed by atoms with E-state index in [1.807, 2.05) is 0 Å². The van der Waals surface area contributed by atoms with Gasteiger partial charge in [0.2, 0.25) is 5.67 Å². The second kappa shape index (κ2) is 8.17. The van der Waals surface area contributed by atoms with Crippen LogP contribution < -0.4 is 0 Å². The average molecular weight is 494 g/mol. The van der Waals surface area contributed by atoms with E-state index in [1.165, 1.54) is 6.92 Å². The number of carbonyl (C=O) groups excluding carboxylic acids is 1. The van der Waals surface area contributed by atoms with Crippen LogP contribution in [0.4, 0.5) is 43.9 Å². The summed E-state index contributed by atoms with van der Waals surface area (Å²) in [5.41, 5.74) is -14.5. The Hall–Kier alpha value is -1.31. The second-order valence-corrected chi connectivity index (χ2v) is 8.84. The molecular weight excluding hydrogens is 470 g/mol. The lowest BCUT2D eigenvalue weighted by Crippen LogP contribution is -2.66. The third kappa shape index (κ3) is 5.10. The maximum absolute atomic E-state index is 14.3. The highest BCUT2D eigenvalue weighted by atomic mass is 19.4. The Morgan fingerprint density at radius 2 is 1.28 bits per heavy atom. The summed E-state index contributed by atoms with van der Waals surface area (Å²) in [5.74, 6) is -7.07. The quantitative estimate of drug-likeness (QED) is 0.417. The lowest BCUT2D eigenvalue weighted by atomic mass is 9.62. The Morgan fingerprint density at radius 1 is 0.875 bits per heavy atom. The highest BCUT2D eigenvalue weighted by molar-refractivity contribution is 5.79. The Morgan fingerprint density at radius 3 is 1.62 bits per heavy atom. The standard InChI is InChI=1S/C18H24F10O4/c1-5-13(3,19)11(29)32-12(2)7-9(14(4,30)16(20,21)22)6-10(8-12)15(31,17(23,24)25)18(26,27)28/h9-10,30-31H,5-8H2,1-4H3. The third-order valence-corrected chi connectivity index (χ3v) is 6.18. The van der Waals surface area contributed by atoms with Crippen molar-refractivity contribution < 1.29 is 63.6 Å². The summed E-state index contributed by atoms with van der Waals surface area (Å²) in [6, 6.07) is 0. The maximum atomic E-state index is 14.3. The van der Waals surface area contributed by atoms with E-state index in [0.29, 0.717) is 6.92 Å². The summed E-state index contributed by atoms with van der Waals surface area (Å²) >= 11 is 0. The first-order valence-electron chi connectivity index (χ1n) is 9.43. The SMILES string of the molecule is CCC(C)(F)C(=O)OC1(C)CC(C(C)(O)C(F)(F)F)CC(C(O)(C(F)(F)F)C(F)(F)F)C1. The number of ether oxygens (including phenoxy) is 1. The van der Waals surface area contributed by atoms with Crippen LogP contribution >= 0.6 is 0 Å². The van der Waals surface area contributed by atoms with E-state index in [4.69, 9.17) is 4.74 Å². The van der Waals surface area contributed by atoms with Crippen LogP contribution in [0.1, 0.15) is 53.4 Å². The predicted octanol–water partition coefficient (Wildman–Crippen LogP) is 5.01. The van der Waals surface area contributed by atoms with Gasteiger partial charge in [0.25, 0.3) is 5.60 Å². The van der Waals surface area contributed by atoms with Crippen LogP contribution in [0.15, 0.2) is 0 Å². The number of carbonyl (C=O) groups is 1. The molecule has 5 atom stereocenters. The summed E-state index contributed by atoms with van der Waals surface area (Å²) in [6.45, 7) is 2.77. The molecule has 0 aliphatic heterocycles. The van der Waals surface area contributed by atoms with Gasteiger partial charge >= 0.3 is 24.5 Å². The monoisotopic (exact) mass is 494 g/mol. The number of halogens is 10. The highest BCUT2D eigenvalue weighted by Crippen LogP contribution is 2.57. The molecule has 1 saturated carbocycles. The van der Waals surface area contributed by atoms with Gasteiger partial charge in [-0.1, -0.05) is 6.92 Å². The van der Waals surface area contributed by atoms with Crippen molar-refractivity contribution in [1.29, 1.82) is 0 Å². The van der Waals surface area contributed by atoms with Crippen LogP contribution in [0.2, 0.25) is 0 Å². The Labute approximate surface area is 176 Å². The molecule has 1 fully saturated rings. The third-order valence-electron chi connectivity index (χ3n) is 6.18. The van der Waals surface area contributed by atoms with Gasteiger partial charge in [-0.25, -0.2) is 9.18 Å². The van der Waals surface area contributed by atoms with Crippen LogP contribution in [0.25, 0.3) is 0 Å². The zero-order chi connectivity index (χ0) is 25.8. The van der Waals surface area contributed by atoms with Gasteiger partial charge in [-0.2, -0.15) is 39.5 Å². The van der Waals surface area contributed by atoms with E-state index < -0.39 is 84.5 Å². The molecule has 0 saturated heterocycles. The summed E-state index contributed by atoms with van der Waals surface area (Å²) in [5, 5.41) is 19.7. The van der Waals surface area contributed by atoms with Crippen molar-refractivity contribution >= 4 is 5.97 Å². The van der Waals surface area contributed by atoms with Crippen molar-refractivity contribution in [2.75, 3.05) is 0 Å². The lowest BCUT2D eigenvalue weighted by Gasteiger charge is -2.51. The maximum Gasteiger partial charge on any atom is 0.426 e. The molecule has 0 amide bonds. The van der Waals surface area contributed by atoms with Gasteiger partial charge in [0.05, 0.1) is 0 Å². The first-order valence-corrected chi connectivity index (χ1v) is 9.43. The van der Waals surface area contributed by atoms with Crippen molar-refractivity contribution in [1.82, 2.24) is 0 Å². The highest BCUT2D eigenvalue weighted by Gasteiger charge is 2.75. The Bertz CT molecular complexity index is 681. The van der Waals surface area contributed by atoms with Gasteiger partial charge in [-0.3, -0.25) is 0 Å². The molecule has 0 heterocycles. The minimum Gasteiger partial charge on any atom is -0.457 e. The molecule has 1 rings (SSSR count). The summed E-state index contributed by atoms with van der Waals surface area (Å²) < 4.78 is 139. The van der Waals surface area contributed by atoms with Crippen LogP contribution in [0.5, 0.6) is 0 Å². The van der Waals surface area contributed by atoms with Gasteiger partial charge in [0, 0.05) is 11.8 Å². The summed E-state index contributed by atoms with van der Waals surface area (Å²) in [7, 11) is 0. The van der Waals surface area contributed by atoms with Gasteiger partial charge < -0.3 is 14.9 Å². The molecule has 0 radical (unpaired) electrons. The lowest BCUT2D eigenvalue weighted by molar-refractivity contribution is -0.393. The molecule has 0 aromatic rings. The average Bonchev–Trinajstić information content (AvgIpc) is 2.56. The number of hydrogen-bond donors (Lipinski definition) is 2. The first-order chi connectivity index (χ1) is 13.9. The molecule has 190 valence electrons. The smallest absolute Gasteiger partial charge is 0.426 e. The van der Waals surface area contributed by atoms with E-state index in [2.05, 4.69) is 0 Å². The molecule has 1 aliphatic rings. The van der Waals surface area contributed by atoms with Crippen molar-refractivity contribution in [3.63, 3.8) is 0 Å². The predicted molar refractivity (Wildman–Crippen MR) is 88.9 cm³/mol. The fourth-order valence-electron chi connectivity index (χ4n) is 3.80. The number of esters is 1. The van der Waals surface area contributed by atoms with Gasteiger partial charge in [-0.15, -0.1) is 0 Å². The van der Waals surface area contributed by atoms with E-state index in [9.17, 15) is 58.9 Å². The number of hydrogen-bond acceptors (Lipinski definition) is 4. The molecule has 0 bridgehead atoms. The molecule has 0 spiro atoms. The van der Waals surface area contributed by atoms with Gasteiger partial charge in [0.1, 0.15) is 5.60 Å². The molecule has 14 heteroatoms. The number of alkyl halides is 10. The molecule has 5 unspecified atom stereocenters. The summed E-state index contributed by atoms with van der Waals surface area (Å²) in [4.78, 5) is 12.1. The van der Waals surface area contributed by atoms with Crippen molar-refractivity contribution in [3.8, 4) is 0 Å². The van der Waals surface area contributed by atoms with Crippen LogP contribution in [-0.4, -0.2) is 57.2 Å². The van der Waals surface area contributed by atoms with Crippen LogP contribution in [0.3, 0.4) is 0 Å². The molecule has 1 aliphatic carbocycles. The van der Waals surface area contributed by atoms with E-state index >= 15 is 0 Å². The van der Waals surface area contributed by atoms with Gasteiger partial charge in [-0.05, 0) is 46.5 Å². The normalized spacial score (nSPS) is 29.8. The number of rotatable bonds is 5. The van der Waals surface area contributed by atoms with E-state index in [-0.39, 0.29) is 6.92 Å². The molecule has 0 aromatic carbocycles. The van der Waals surface area contributed by atoms with Crippen LogP contribution in [0, 0.1) is 11.8 Å². The zero-order valence-electron chi connectivity index (χ0n) is 17.5. The molecule has 4 nitrogen and oxygen atoms in total. The fraction of sp³-hybridized carbons (Fsp3) is 0.944. The van der Waals surface area contributed by atoms with Crippen molar-refractivity contribution in [2.45, 2.75) is 94.4 Å². The molecule has 0 aromatic heterocycles. The summed E-state index contributed by atoms with van der Waals surface area (Å²) in [6.07, 6.45) is -22.7. The molecular formula is C18H24F10O4. The number of aliphatic hydroxyl groups is 2. The van der Waals surface area contributed by atoms with Crippen molar-refractivity contribution in [2.24, 2.45) is 11.8 Å². The van der Waals surface area contributed by atoms with E-state index in [1.54, 1.807) is 0 Å². The minimum atomic E-state index is -6.37. The topological polar surface area (TPSA) is 66.8 Å². The largest absolute Gasteiger partial charge is 0.457 e. The van der Waals surface area contributed by atoms with E-state index in [0.717, 1.165) is 6.92 Å². The first kappa shape index (κ1) is 28.7. The fourth-order valence-corrected chi connectivity index (χ4v) is 3.80. The van der Waals surface area contributed by atoms with Gasteiger partial charge in [0.15, 0.2) is 5.60 Å². The minimum absolute atomic E-state index is 0.147. The zero-order valence-corrected chi connectivity index (χ0v) is 17.5. The van der Waals surface area contributed by atoms with Crippen molar-refractivity contribution in [3.05, 3.63) is 0 Å². The molecule has 2 N–H and O–H groups in total. The second-order valence-electron chi connectivity index (χ2n) is 8.84.